The van der Waals surface area contributed by atoms with Gasteiger partial charge in [0.05, 0.1) is 0 Å². The molecule has 1 heterocycles. The fourth-order valence-electron chi connectivity index (χ4n) is 2.27. The van der Waals surface area contributed by atoms with E-state index < -0.39 is 0 Å². The summed E-state index contributed by atoms with van der Waals surface area (Å²) >= 11 is 6.12. The van der Waals surface area contributed by atoms with E-state index in [1.165, 1.54) is 0 Å². The number of nitrogens with zero attached hydrogens (tertiary/aromatic N) is 1. The van der Waals surface area contributed by atoms with Gasteiger partial charge in [-0.05, 0) is 24.3 Å². The van der Waals surface area contributed by atoms with Crippen molar-refractivity contribution in [2.24, 2.45) is 0 Å². The minimum Gasteiger partial charge on any atom is -0.347 e. The van der Waals surface area contributed by atoms with Gasteiger partial charge in [0.1, 0.15) is 10.8 Å². The van der Waals surface area contributed by atoms with Gasteiger partial charge in [-0.3, -0.25) is 4.79 Å². The smallest absolute Gasteiger partial charge is 0.270 e. The number of pyridine rings is 1. The molecule has 1 aromatic heterocycles. The van der Waals surface area contributed by atoms with Crippen LogP contribution in [-0.4, -0.2) is 16.9 Å². The van der Waals surface area contributed by atoms with Gasteiger partial charge in [0.2, 0.25) is 0 Å². The first-order valence-corrected chi connectivity index (χ1v) is 6.63. The summed E-state index contributed by atoms with van der Waals surface area (Å²) in [6.45, 7) is 0. The SMILES string of the molecule is O=C(NC1CC=CC1)c1cc2ccccc2c(Cl)n1. The average Bonchev–Trinajstić information content (AvgIpc) is 2.91. The van der Waals surface area contributed by atoms with Crippen LogP contribution in [0.3, 0.4) is 0 Å². The Morgan fingerprint density at radius 3 is 2.79 bits per heavy atom. The summed E-state index contributed by atoms with van der Waals surface area (Å²) < 4.78 is 0. The molecule has 0 spiro atoms. The standard InChI is InChI=1S/C15H13ClN2O/c16-14-12-8-4-1-5-10(12)9-13(18-14)15(19)17-11-6-2-3-7-11/h1-5,8-9,11H,6-7H2,(H,17,19). The molecule has 1 aromatic carbocycles. The molecule has 0 saturated heterocycles. The van der Waals surface area contributed by atoms with Crippen LogP contribution < -0.4 is 5.32 Å². The van der Waals surface area contributed by atoms with Crippen LogP contribution in [0.4, 0.5) is 0 Å². The Hall–Kier alpha value is -1.87. The predicted molar refractivity (Wildman–Crippen MR) is 76.4 cm³/mol. The fourth-order valence-corrected chi connectivity index (χ4v) is 2.53. The van der Waals surface area contributed by atoms with Gasteiger partial charge in [0.25, 0.3) is 5.91 Å². The molecule has 0 bridgehead atoms. The van der Waals surface area contributed by atoms with Crippen LogP contribution in [0, 0.1) is 0 Å². The van der Waals surface area contributed by atoms with E-state index in [9.17, 15) is 4.79 Å². The Labute approximate surface area is 116 Å². The largest absolute Gasteiger partial charge is 0.347 e. The highest BCUT2D eigenvalue weighted by Gasteiger charge is 2.16. The van der Waals surface area contributed by atoms with Crippen LogP contribution in [-0.2, 0) is 0 Å². The number of amides is 1. The summed E-state index contributed by atoms with van der Waals surface area (Å²) in [5, 5.41) is 5.12. The molecule has 3 nitrogen and oxygen atoms in total. The monoisotopic (exact) mass is 272 g/mol. The van der Waals surface area contributed by atoms with Gasteiger partial charge in [0, 0.05) is 11.4 Å². The first-order valence-electron chi connectivity index (χ1n) is 6.25. The van der Waals surface area contributed by atoms with Crippen LogP contribution in [0.5, 0.6) is 0 Å². The van der Waals surface area contributed by atoms with Crippen molar-refractivity contribution in [2.75, 3.05) is 0 Å². The number of fused-ring (bicyclic) bond motifs is 1. The lowest BCUT2D eigenvalue weighted by Gasteiger charge is -2.12. The maximum absolute atomic E-state index is 12.1. The number of aromatic nitrogens is 1. The second-order valence-corrected chi connectivity index (χ2v) is 4.99. The van der Waals surface area contributed by atoms with Crippen LogP contribution in [0.15, 0.2) is 42.5 Å². The zero-order valence-electron chi connectivity index (χ0n) is 10.3. The summed E-state index contributed by atoms with van der Waals surface area (Å²) in [7, 11) is 0. The Balaban J connectivity index is 1.89. The lowest BCUT2D eigenvalue weighted by atomic mass is 10.1. The molecule has 0 atom stereocenters. The maximum atomic E-state index is 12.1. The summed E-state index contributed by atoms with van der Waals surface area (Å²) in [6, 6.07) is 9.60. The van der Waals surface area contributed by atoms with Gasteiger partial charge in [-0.15, -0.1) is 0 Å². The highest BCUT2D eigenvalue weighted by Crippen LogP contribution is 2.22. The number of nitrogens with one attached hydrogen (secondary N) is 1. The van der Waals surface area contributed by atoms with Gasteiger partial charge in [-0.25, -0.2) is 4.98 Å². The molecule has 1 N–H and O–H groups in total. The fraction of sp³-hybridized carbons (Fsp3) is 0.200. The summed E-state index contributed by atoms with van der Waals surface area (Å²) in [4.78, 5) is 16.3. The molecule has 0 fully saturated rings. The quantitative estimate of drug-likeness (QED) is 0.673. The van der Waals surface area contributed by atoms with E-state index >= 15 is 0 Å². The second-order valence-electron chi connectivity index (χ2n) is 4.63. The second kappa shape index (κ2) is 5.02. The van der Waals surface area contributed by atoms with Gasteiger partial charge in [-0.1, -0.05) is 48.0 Å². The third-order valence-electron chi connectivity index (χ3n) is 3.27. The Morgan fingerprint density at radius 1 is 1.26 bits per heavy atom. The third-order valence-corrected chi connectivity index (χ3v) is 3.56. The zero-order valence-corrected chi connectivity index (χ0v) is 11.0. The van der Waals surface area contributed by atoms with Crippen molar-refractivity contribution < 1.29 is 4.79 Å². The minimum absolute atomic E-state index is 0.165. The van der Waals surface area contributed by atoms with Crippen molar-refractivity contribution in [3.05, 3.63) is 53.3 Å². The van der Waals surface area contributed by atoms with E-state index in [1.807, 2.05) is 24.3 Å². The van der Waals surface area contributed by atoms with E-state index in [2.05, 4.69) is 22.5 Å². The highest BCUT2D eigenvalue weighted by molar-refractivity contribution is 6.34. The van der Waals surface area contributed by atoms with Crippen molar-refractivity contribution in [1.29, 1.82) is 0 Å². The number of hydrogen-bond donors (Lipinski definition) is 1. The molecular formula is C15H13ClN2O. The van der Waals surface area contributed by atoms with Gasteiger partial charge < -0.3 is 5.32 Å². The molecule has 4 heteroatoms. The van der Waals surface area contributed by atoms with E-state index in [0.717, 1.165) is 23.6 Å². The number of halogens is 1. The van der Waals surface area contributed by atoms with Crippen molar-refractivity contribution in [3.8, 4) is 0 Å². The Kier molecular flexibility index (Phi) is 3.22. The number of rotatable bonds is 2. The molecule has 0 radical (unpaired) electrons. The molecule has 1 aliphatic rings. The molecule has 96 valence electrons. The lowest BCUT2D eigenvalue weighted by Crippen LogP contribution is -2.33. The van der Waals surface area contributed by atoms with Gasteiger partial charge in [-0.2, -0.15) is 0 Å². The van der Waals surface area contributed by atoms with Crippen LogP contribution in [0.25, 0.3) is 10.8 Å². The number of carbonyl (C=O) groups excluding carboxylic acids is 1. The van der Waals surface area contributed by atoms with E-state index in [1.54, 1.807) is 6.07 Å². The molecule has 1 aliphatic carbocycles. The molecule has 2 aromatic rings. The molecule has 0 aliphatic heterocycles. The van der Waals surface area contributed by atoms with Crippen molar-refractivity contribution in [2.45, 2.75) is 18.9 Å². The molecule has 3 rings (SSSR count). The predicted octanol–water partition coefficient (Wildman–Crippen LogP) is 3.34. The summed E-state index contributed by atoms with van der Waals surface area (Å²) in [5.74, 6) is -0.165. The van der Waals surface area contributed by atoms with Gasteiger partial charge >= 0.3 is 0 Å². The average molecular weight is 273 g/mol. The Bertz CT molecular complexity index is 658. The van der Waals surface area contributed by atoms with Crippen LogP contribution >= 0.6 is 11.6 Å². The van der Waals surface area contributed by atoms with Crippen molar-refractivity contribution in [1.82, 2.24) is 10.3 Å². The molecule has 19 heavy (non-hydrogen) atoms. The topological polar surface area (TPSA) is 42.0 Å². The summed E-state index contributed by atoms with van der Waals surface area (Å²) in [6.07, 6.45) is 5.91. The normalized spacial score (nSPS) is 15.0. The number of benzene rings is 1. The summed E-state index contributed by atoms with van der Waals surface area (Å²) in [5.41, 5.74) is 0.371. The van der Waals surface area contributed by atoms with E-state index in [0.29, 0.717) is 10.8 Å². The number of carbonyl (C=O) groups is 1. The zero-order chi connectivity index (χ0) is 13.2. The first kappa shape index (κ1) is 12.2. The molecule has 1 amide bonds. The first-order chi connectivity index (χ1) is 9.24. The van der Waals surface area contributed by atoms with E-state index in [4.69, 9.17) is 11.6 Å². The van der Waals surface area contributed by atoms with Gasteiger partial charge in [0.15, 0.2) is 0 Å². The van der Waals surface area contributed by atoms with Crippen molar-refractivity contribution in [3.63, 3.8) is 0 Å². The van der Waals surface area contributed by atoms with Crippen LogP contribution in [0.1, 0.15) is 23.3 Å². The maximum Gasteiger partial charge on any atom is 0.270 e. The molecule has 0 saturated carbocycles. The van der Waals surface area contributed by atoms with Crippen molar-refractivity contribution >= 4 is 28.3 Å². The highest BCUT2D eigenvalue weighted by atomic mass is 35.5. The minimum atomic E-state index is -0.165. The molecular weight excluding hydrogens is 260 g/mol. The van der Waals surface area contributed by atoms with Crippen LogP contribution in [0.2, 0.25) is 5.15 Å². The lowest BCUT2D eigenvalue weighted by molar-refractivity contribution is 0.0934. The number of hydrogen-bond acceptors (Lipinski definition) is 2. The Morgan fingerprint density at radius 2 is 2.00 bits per heavy atom. The third kappa shape index (κ3) is 2.47. The molecule has 0 unspecified atom stereocenters. The van der Waals surface area contributed by atoms with E-state index in [-0.39, 0.29) is 11.9 Å².